The number of aromatic nitrogens is 3. The Morgan fingerprint density at radius 2 is 1.87 bits per heavy atom. The third kappa shape index (κ3) is 5.89. The monoisotopic (exact) mass is 547 g/mol. The van der Waals surface area contributed by atoms with E-state index in [2.05, 4.69) is 20.6 Å². The zero-order chi connectivity index (χ0) is 27.6. The summed E-state index contributed by atoms with van der Waals surface area (Å²) in [5, 5.41) is 6.27. The number of hydrogen-bond acceptors (Lipinski definition) is 7. The summed E-state index contributed by atoms with van der Waals surface area (Å²) in [4.78, 5) is 35.9. The molecule has 0 aliphatic heterocycles. The van der Waals surface area contributed by atoms with Gasteiger partial charge in [0.05, 0.1) is 26.8 Å². The van der Waals surface area contributed by atoms with Crippen LogP contribution in [0.2, 0.25) is 0 Å². The highest BCUT2D eigenvalue weighted by atomic mass is 32.1. The Balaban J connectivity index is 1.55. The molecule has 0 saturated carbocycles. The number of anilines is 2. The quantitative estimate of drug-likeness (QED) is 0.270. The molecule has 0 radical (unpaired) electrons. The minimum atomic E-state index is -4.43. The number of nitrogens with one attached hydrogen (secondary N) is 2. The van der Waals surface area contributed by atoms with E-state index in [-0.39, 0.29) is 5.91 Å². The van der Waals surface area contributed by atoms with Gasteiger partial charge in [-0.3, -0.25) is 9.59 Å². The standard InChI is InChI=1S/C25H28F3N7O2S/c1-34(2)22(37)17(6-4-5-11-29)30-21(36)14-7-10-19-18(12-14)31-23(35(19)3)33-24-32-16-9-8-15(25(26,27)28)13-20(16)38-24/h7-10,12-13,17H,4-6,11,29H2,1-3H3,(H,30,36)(H,31,32,33). The van der Waals surface area contributed by atoms with Gasteiger partial charge in [-0.1, -0.05) is 11.3 Å². The number of carbonyl (C=O) groups is 2. The summed E-state index contributed by atoms with van der Waals surface area (Å²) in [6.07, 6.45) is -2.50. The molecule has 1 unspecified atom stereocenters. The summed E-state index contributed by atoms with van der Waals surface area (Å²) in [6.45, 7) is 0.509. The molecule has 38 heavy (non-hydrogen) atoms. The first kappa shape index (κ1) is 27.3. The Bertz CT molecular complexity index is 1480. The highest BCUT2D eigenvalue weighted by Crippen LogP contribution is 2.35. The second-order valence-electron chi connectivity index (χ2n) is 9.07. The van der Waals surface area contributed by atoms with Crippen molar-refractivity contribution >= 4 is 55.5 Å². The number of halogens is 3. The SMILES string of the molecule is CN(C)C(=O)C(CCCCN)NC(=O)c1ccc2c(c1)nc(Nc1nc3ccc(C(F)(F)F)cc3s1)n2C. The van der Waals surface area contributed by atoms with Gasteiger partial charge in [0.2, 0.25) is 11.9 Å². The van der Waals surface area contributed by atoms with Crippen LogP contribution >= 0.6 is 11.3 Å². The van der Waals surface area contributed by atoms with Gasteiger partial charge in [-0.05, 0) is 62.2 Å². The molecule has 4 aromatic rings. The van der Waals surface area contributed by atoms with Crippen LogP contribution < -0.4 is 16.4 Å². The lowest BCUT2D eigenvalue weighted by molar-refractivity contribution is -0.137. The van der Waals surface area contributed by atoms with E-state index in [4.69, 9.17) is 5.73 Å². The van der Waals surface area contributed by atoms with Gasteiger partial charge in [0, 0.05) is 26.7 Å². The van der Waals surface area contributed by atoms with Crippen molar-refractivity contribution in [3.05, 3.63) is 47.5 Å². The van der Waals surface area contributed by atoms with Gasteiger partial charge < -0.3 is 25.8 Å². The van der Waals surface area contributed by atoms with E-state index in [0.29, 0.717) is 51.8 Å². The van der Waals surface area contributed by atoms with E-state index in [0.717, 1.165) is 35.4 Å². The van der Waals surface area contributed by atoms with Crippen LogP contribution in [0.1, 0.15) is 35.2 Å². The minimum absolute atomic E-state index is 0.195. The zero-order valence-electron chi connectivity index (χ0n) is 21.1. The zero-order valence-corrected chi connectivity index (χ0v) is 21.9. The fourth-order valence-corrected chi connectivity index (χ4v) is 4.91. The summed E-state index contributed by atoms with van der Waals surface area (Å²) < 4.78 is 41.3. The molecule has 4 rings (SSSR count). The summed E-state index contributed by atoms with van der Waals surface area (Å²) >= 11 is 1.09. The fourth-order valence-electron chi connectivity index (χ4n) is 4.01. The number of alkyl halides is 3. The molecule has 2 aromatic heterocycles. The normalized spacial score (nSPS) is 12.6. The van der Waals surface area contributed by atoms with Crippen LogP contribution in [0, 0.1) is 0 Å². The maximum absolute atomic E-state index is 13.0. The van der Waals surface area contributed by atoms with E-state index in [1.54, 1.807) is 43.9 Å². The van der Waals surface area contributed by atoms with Gasteiger partial charge in [0.15, 0.2) is 5.13 Å². The van der Waals surface area contributed by atoms with Crippen molar-refractivity contribution in [3.8, 4) is 0 Å². The molecule has 13 heteroatoms. The van der Waals surface area contributed by atoms with Crippen LogP contribution in [0.3, 0.4) is 0 Å². The predicted molar refractivity (Wildman–Crippen MR) is 141 cm³/mol. The molecular weight excluding hydrogens is 519 g/mol. The number of unbranched alkanes of at least 4 members (excludes halogenated alkanes) is 1. The molecule has 0 bridgehead atoms. The molecule has 9 nitrogen and oxygen atoms in total. The first-order chi connectivity index (χ1) is 18.0. The highest BCUT2D eigenvalue weighted by molar-refractivity contribution is 7.22. The third-order valence-electron chi connectivity index (χ3n) is 6.07. The number of imidazole rings is 1. The van der Waals surface area contributed by atoms with Gasteiger partial charge in [-0.15, -0.1) is 0 Å². The van der Waals surface area contributed by atoms with Crippen LogP contribution in [0.15, 0.2) is 36.4 Å². The second kappa shape index (κ2) is 11.0. The number of rotatable bonds is 9. The molecule has 0 saturated heterocycles. The Hall–Kier alpha value is -3.71. The smallest absolute Gasteiger partial charge is 0.347 e. The topological polar surface area (TPSA) is 118 Å². The molecule has 2 aromatic carbocycles. The van der Waals surface area contributed by atoms with Crippen molar-refractivity contribution in [3.63, 3.8) is 0 Å². The van der Waals surface area contributed by atoms with E-state index < -0.39 is 23.7 Å². The summed E-state index contributed by atoms with van der Waals surface area (Å²) in [6, 6.07) is 7.76. The molecule has 0 spiro atoms. The van der Waals surface area contributed by atoms with Crippen molar-refractivity contribution in [1.82, 2.24) is 24.8 Å². The fraction of sp³-hybridized carbons (Fsp3) is 0.360. The van der Waals surface area contributed by atoms with Gasteiger partial charge >= 0.3 is 6.18 Å². The maximum atomic E-state index is 13.0. The minimum Gasteiger partial charge on any atom is -0.347 e. The molecule has 0 aliphatic rings. The molecule has 0 aliphatic carbocycles. The first-order valence-electron chi connectivity index (χ1n) is 11.9. The first-order valence-corrected chi connectivity index (χ1v) is 12.7. The number of aryl methyl sites for hydroxylation is 1. The Morgan fingerprint density at radius 3 is 2.55 bits per heavy atom. The number of hydrogen-bond donors (Lipinski definition) is 3. The van der Waals surface area contributed by atoms with E-state index in [1.165, 1.54) is 11.0 Å². The number of likely N-dealkylation sites (N-methyl/N-ethyl adjacent to an activating group) is 1. The maximum Gasteiger partial charge on any atom is 0.416 e. The summed E-state index contributed by atoms with van der Waals surface area (Å²) in [7, 11) is 5.05. The van der Waals surface area contributed by atoms with Crippen molar-refractivity contribution in [2.24, 2.45) is 12.8 Å². The molecule has 4 N–H and O–H groups in total. The number of nitrogens with two attached hydrogens (primary N) is 1. The van der Waals surface area contributed by atoms with Crippen LogP contribution in [0.5, 0.6) is 0 Å². The van der Waals surface area contributed by atoms with Crippen LogP contribution in [0.4, 0.5) is 24.3 Å². The van der Waals surface area contributed by atoms with Crippen molar-refractivity contribution < 1.29 is 22.8 Å². The van der Waals surface area contributed by atoms with Gasteiger partial charge in [-0.25, -0.2) is 9.97 Å². The Morgan fingerprint density at radius 1 is 1.11 bits per heavy atom. The van der Waals surface area contributed by atoms with E-state index >= 15 is 0 Å². The number of fused-ring (bicyclic) bond motifs is 2. The van der Waals surface area contributed by atoms with Crippen molar-refractivity contribution in [1.29, 1.82) is 0 Å². The molecule has 2 amide bonds. The molecule has 1 atom stereocenters. The van der Waals surface area contributed by atoms with Crippen molar-refractivity contribution in [2.45, 2.75) is 31.5 Å². The average Bonchev–Trinajstić information content (AvgIpc) is 3.41. The number of amides is 2. The lowest BCUT2D eigenvalue weighted by Gasteiger charge is -2.21. The molecule has 0 fully saturated rings. The Kier molecular flexibility index (Phi) is 7.88. The van der Waals surface area contributed by atoms with Gasteiger partial charge in [0.25, 0.3) is 5.91 Å². The largest absolute Gasteiger partial charge is 0.416 e. The molecular formula is C25H28F3N7O2S. The Labute approximate surface area is 220 Å². The van der Waals surface area contributed by atoms with E-state index in [9.17, 15) is 22.8 Å². The van der Waals surface area contributed by atoms with Crippen LogP contribution in [-0.4, -0.2) is 57.9 Å². The number of nitrogens with zero attached hydrogens (tertiary/aromatic N) is 4. The number of thiazole rings is 1. The number of carbonyl (C=O) groups excluding carboxylic acids is 2. The van der Waals surface area contributed by atoms with E-state index in [1.807, 2.05) is 0 Å². The third-order valence-corrected chi connectivity index (χ3v) is 7.00. The highest BCUT2D eigenvalue weighted by Gasteiger charge is 2.31. The lowest BCUT2D eigenvalue weighted by atomic mass is 10.1. The van der Waals surface area contributed by atoms with Gasteiger partial charge in [0.1, 0.15) is 6.04 Å². The summed E-state index contributed by atoms with van der Waals surface area (Å²) in [5.41, 5.74) is 6.87. The lowest BCUT2D eigenvalue weighted by Crippen LogP contribution is -2.46. The second-order valence-corrected chi connectivity index (χ2v) is 10.1. The van der Waals surface area contributed by atoms with Crippen LogP contribution in [-0.2, 0) is 18.0 Å². The number of benzene rings is 2. The average molecular weight is 548 g/mol. The van der Waals surface area contributed by atoms with Crippen LogP contribution in [0.25, 0.3) is 21.3 Å². The predicted octanol–water partition coefficient (Wildman–Crippen LogP) is 4.26. The van der Waals surface area contributed by atoms with Crippen molar-refractivity contribution in [2.75, 3.05) is 26.0 Å². The van der Waals surface area contributed by atoms with Gasteiger partial charge in [-0.2, -0.15) is 13.2 Å². The molecule has 2 heterocycles. The molecule has 202 valence electrons. The summed E-state index contributed by atoms with van der Waals surface area (Å²) in [5.74, 6) is -0.180.